The van der Waals surface area contributed by atoms with E-state index in [-0.39, 0.29) is 15.7 Å². The molecule has 0 aliphatic carbocycles. The minimum atomic E-state index is -3.93. The zero-order valence-electron chi connectivity index (χ0n) is 10.2. The van der Waals surface area contributed by atoms with Gasteiger partial charge in [0, 0.05) is 11.4 Å². The zero-order chi connectivity index (χ0) is 14.9. The Morgan fingerprint density at radius 2 is 2.15 bits per heavy atom. The van der Waals surface area contributed by atoms with Crippen LogP contribution in [0.5, 0.6) is 0 Å². The summed E-state index contributed by atoms with van der Waals surface area (Å²) >= 11 is 1.12. The van der Waals surface area contributed by atoms with Gasteiger partial charge in [-0.05, 0) is 19.1 Å². The average Bonchev–Trinajstić information content (AvgIpc) is 2.73. The average molecular weight is 314 g/mol. The number of hydrogen-bond donors (Lipinski definition) is 2. The minimum absolute atomic E-state index is 0.0981. The molecule has 0 atom stereocenters. The summed E-state index contributed by atoms with van der Waals surface area (Å²) in [4.78, 5) is 13.8. The third-order valence-corrected chi connectivity index (χ3v) is 4.69. The Morgan fingerprint density at radius 1 is 1.45 bits per heavy atom. The number of anilines is 2. The van der Waals surface area contributed by atoms with E-state index in [9.17, 15) is 18.5 Å². The van der Waals surface area contributed by atoms with Crippen LogP contribution in [0.4, 0.5) is 16.5 Å². The summed E-state index contributed by atoms with van der Waals surface area (Å²) in [6.07, 6.45) is 0. The fourth-order valence-electron chi connectivity index (χ4n) is 1.42. The summed E-state index contributed by atoms with van der Waals surface area (Å²) in [6.45, 7) is 1.72. The van der Waals surface area contributed by atoms with Gasteiger partial charge in [0.15, 0.2) is 5.13 Å². The molecule has 0 spiro atoms. The molecule has 0 radical (unpaired) electrons. The maximum absolute atomic E-state index is 12.1. The highest BCUT2D eigenvalue weighted by molar-refractivity contribution is 7.93. The lowest BCUT2D eigenvalue weighted by Gasteiger charge is -2.05. The van der Waals surface area contributed by atoms with Gasteiger partial charge in [0.25, 0.3) is 15.7 Å². The second-order valence-corrected chi connectivity index (χ2v) is 6.42. The first kappa shape index (κ1) is 14.2. The molecular formula is C10H10N4O4S2. The van der Waals surface area contributed by atoms with Gasteiger partial charge < -0.3 is 5.73 Å². The van der Waals surface area contributed by atoms with Gasteiger partial charge in [-0.2, -0.15) is 0 Å². The van der Waals surface area contributed by atoms with Crippen molar-refractivity contribution >= 4 is 37.9 Å². The predicted molar refractivity (Wildman–Crippen MR) is 75.2 cm³/mol. The fourth-order valence-corrected chi connectivity index (χ4v) is 3.38. The van der Waals surface area contributed by atoms with Gasteiger partial charge in [-0.3, -0.25) is 14.8 Å². The minimum Gasteiger partial charge on any atom is -0.393 e. The van der Waals surface area contributed by atoms with Crippen molar-refractivity contribution in [2.75, 3.05) is 10.5 Å². The van der Waals surface area contributed by atoms with E-state index < -0.39 is 20.6 Å². The van der Waals surface area contributed by atoms with Gasteiger partial charge >= 0.3 is 0 Å². The van der Waals surface area contributed by atoms with Crippen LogP contribution >= 0.6 is 11.3 Å². The number of nitrogens with zero attached hydrogens (tertiary/aromatic N) is 2. The van der Waals surface area contributed by atoms with Crippen molar-refractivity contribution in [3.05, 3.63) is 39.4 Å². The lowest BCUT2D eigenvalue weighted by Crippen LogP contribution is -2.13. The molecule has 2 aromatic rings. The van der Waals surface area contributed by atoms with Crippen molar-refractivity contribution in [1.29, 1.82) is 0 Å². The third kappa shape index (κ3) is 2.86. The van der Waals surface area contributed by atoms with Crippen molar-refractivity contribution in [3.63, 3.8) is 0 Å². The molecule has 0 aliphatic heterocycles. The number of nitro benzene ring substituents is 1. The quantitative estimate of drug-likeness (QED) is 0.502. The number of nitrogens with one attached hydrogen (secondary N) is 1. The molecule has 20 heavy (non-hydrogen) atoms. The van der Waals surface area contributed by atoms with Gasteiger partial charge in [0.1, 0.15) is 5.69 Å². The van der Waals surface area contributed by atoms with E-state index in [0.717, 1.165) is 17.4 Å². The molecule has 3 N–H and O–H groups in total. The maximum Gasteiger partial charge on any atom is 0.293 e. The Kier molecular flexibility index (Phi) is 3.59. The lowest BCUT2D eigenvalue weighted by molar-refractivity contribution is -0.384. The third-order valence-electron chi connectivity index (χ3n) is 2.35. The number of aryl methyl sites for hydroxylation is 1. The van der Waals surface area contributed by atoms with Gasteiger partial charge in [0.05, 0.1) is 15.5 Å². The van der Waals surface area contributed by atoms with Crippen molar-refractivity contribution in [2.24, 2.45) is 0 Å². The number of rotatable bonds is 4. The van der Waals surface area contributed by atoms with Crippen molar-refractivity contribution < 1.29 is 13.3 Å². The van der Waals surface area contributed by atoms with E-state index in [1.165, 1.54) is 12.1 Å². The Balaban J connectivity index is 2.39. The number of benzene rings is 1. The number of nitrogens with two attached hydrogens (primary N) is 1. The van der Waals surface area contributed by atoms with Crippen LogP contribution in [-0.4, -0.2) is 18.3 Å². The molecule has 1 aromatic heterocycles. The lowest BCUT2D eigenvalue weighted by atomic mass is 10.3. The molecule has 0 aliphatic rings. The smallest absolute Gasteiger partial charge is 0.293 e. The highest BCUT2D eigenvalue weighted by Gasteiger charge is 2.21. The first-order valence-corrected chi connectivity index (χ1v) is 7.65. The SMILES string of the molecule is Cc1csc(NS(=O)(=O)c2ccc(N)c([N+](=O)[O-])c2)n1. The summed E-state index contributed by atoms with van der Waals surface area (Å²) in [7, 11) is -3.93. The van der Waals surface area contributed by atoms with E-state index in [1.807, 2.05) is 0 Å². The molecule has 0 amide bonds. The van der Waals surface area contributed by atoms with Crippen LogP contribution in [0.3, 0.4) is 0 Å². The largest absolute Gasteiger partial charge is 0.393 e. The number of sulfonamides is 1. The van der Waals surface area contributed by atoms with Crippen LogP contribution in [0.1, 0.15) is 5.69 Å². The second kappa shape index (κ2) is 5.06. The Morgan fingerprint density at radius 3 is 2.70 bits per heavy atom. The van der Waals surface area contributed by atoms with Crippen LogP contribution in [-0.2, 0) is 10.0 Å². The second-order valence-electron chi connectivity index (χ2n) is 3.88. The Labute approximate surface area is 118 Å². The van der Waals surface area contributed by atoms with E-state index in [2.05, 4.69) is 9.71 Å². The van der Waals surface area contributed by atoms with Gasteiger partial charge in [-0.25, -0.2) is 13.4 Å². The summed E-state index contributed by atoms with van der Waals surface area (Å²) < 4.78 is 26.4. The molecule has 2 rings (SSSR count). The molecule has 106 valence electrons. The molecule has 0 saturated carbocycles. The zero-order valence-corrected chi connectivity index (χ0v) is 11.9. The first-order valence-electron chi connectivity index (χ1n) is 5.28. The molecule has 8 nitrogen and oxygen atoms in total. The number of hydrogen-bond acceptors (Lipinski definition) is 7. The van der Waals surface area contributed by atoms with Crippen LogP contribution in [0, 0.1) is 17.0 Å². The topological polar surface area (TPSA) is 128 Å². The van der Waals surface area contributed by atoms with Crippen LogP contribution in [0.25, 0.3) is 0 Å². The molecular weight excluding hydrogens is 304 g/mol. The molecule has 1 heterocycles. The van der Waals surface area contributed by atoms with Crippen molar-refractivity contribution in [1.82, 2.24) is 4.98 Å². The predicted octanol–water partition coefficient (Wildman–Crippen LogP) is 1.74. The highest BCUT2D eigenvalue weighted by atomic mass is 32.2. The fraction of sp³-hybridized carbons (Fsp3) is 0.100. The first-order chi connectivity index (χ1) is 9.29. The number of thiazole rings is 1. The summed E-state index contributed by atoms with van der Waals surface area (Å²) in [5.41, 5.74) is 5.55. The molecule has 10 heteroatoms. The van der Waals surface area contributed by atoms with E-state index in [0.29, 0.717) is 5.69 Å². The van der Waals surface area contributed by atoms with Crippen LogP contribution in [0.15, 0.2) is 28.5 Å². The maximum atomic E-state index is 12.1. The summed E-state index contributed by atoms with van der Waals surface area (Å²) in [5, 5.41) is 12.6. The Bertz CT molecular complexity index is 769. The molecule has 0 unspecified atom stereocenters. The molecule has 0 fully saturated rings. The number of nitrogen functional groups attached to an aromatic ring is 1. The van der Waals surface area contributed by atoms with E-state index >= 15 is 0 Å². The van der Waals surface area contributed by atoms with Gasteiger partial charge in [-0.15, -0.1) is 11.3 Å². The van der Waals surface area contributed by atoms with Gasteiger partial charge in [0.2, 0.25) is 0 Å². The normalized spacial score (nSPS) is 11.2. The van der Waals surface area contributed by atoms with Crippen molar-refractivity contribution in [3.8, 4) is 0 Å². The van der Waals surface area contributed by atoms with Crippen LogP contribution in [0.2, 0.25) is 0 Å². The molecule has 0 saturated heterocycles. The molecule has 1 aromatic carbocycles. The van der Waals surface area contributed by atoms with Crippen LogP contribution < -0.4 is 10.5 Å². The monoisotopic (exact) mass is 314 g/mol. The summed E-state index contributed by atoms with van der Waals surface area (Å²) in [5.74, 6) is 0. The van der Waals surface area contributed by atoms with Crippen molar-refractivity contribution in [2.45, 2.75) is 11.8 Å². The highest BCUT2D eigenvalue weighted by Crippen LogP contribution is 2.26. The Hall–Kier alpha value is -2.20. The standard InChI is InChI=1S/C10H10N4O4S2/c1-6-5-19-10(12-6)13-20(17,18)7-2-3-8(11)9(4-7)14(15)16/h2-5H,11H2,1H3,(H,12,13). The number of aromatic nitrogens is 1. The van der Waals surface area contributed by atoms with Gasteiger partial charge in [-0.1, -0.05) is 0 Å². The van der Waals surface area contributed by atoms with E-state index in [1.54, 1.807) is 12.3 Å². The van der Waals surface area contributed by atoms with E-state index in [4.69, 9.17) is 5.73 Å². The molecule has 0 bridgehead atoms. The number of nitro groups is 1. The summed E-state index contributed by atoms with van der Waals surface area (Å²) in [6, 6.07) is 3.29.